The van der Waals surface area contributed by atoms with Crippen LogP contribution in [0.4, 0.5) is 4.79 Å². The summed E-state index contributed by atoms with van der Waals surface area (Å²) in [5.74, 6) is -1.02. The Bertz CT molecular complexity index is 266. The summed E-state index contributed by atoms with van der Waals surface area (Å²) in [7, 11) is 1.55. The normalized spacial score (nSPS) is 12.9. The molecule has 0 heterocycles. The molecular formula is C11H22N2O4. The van der Waals surface area contributed by atoms with Crippen molar-refractivity contribution in [1.29, 1.82) is 0 Å². The molecule has 0 aliphatic rings. The second-order valence-corrected chi connectivity index (χ2v) is 4.47. The average Bonchev–Trinajstić information content (AvgIpc) is 2.26. The van der Waals surface area contributed by atoms with Crippen molar-refractivity contribution in [3.63, 3.8) is 0 Å². The highest BCUT2D eigenvalue weighted by Crippen LogP contribution is 2.04. The Morgan fingerprint density at radius 1 is 1.41 bits per heavy atom. The summed E-state index contributed by atoms with van der Waals surface area (Å²) < 4.78 is 5.13. The topological polar surface area (TPSA) is 87.7 Å². The standard InChI is InChI=1S/C11H22N2O4/c1-5-6-8(9(14)15)13-10(16)12-7-11(2,3)17-4/h8H,5-7H2,1-4H3,(H,14,15)(H2,12,13,16)/t8-/m0/s1. The molecule has 100 valence electrons. The predicted octanol–water partition coefficient (Wildman–Crippen LogP) is 0.964. The molecule has 0 aromatic heterocycles. The van der Waals surface area contributed by atoms with Crippen LogP contribution >= 0.6 is 0 Å². The Kier molecular flexibility index (Phi) is 6.57. The monoisotopic (exact) mass is 246 g/mol. The van der Waals surface area contributed by atoms with E-state index in [1.54, 1.807) is 7.11 Å². The zero-order chi connectivity index (χ0) is 13.5. The van der Waals surface area contributed by atoms with Crippen molar-refractivity contribution in [3.05, 3.63) is 0 Å². The summed E-state index contributed by atoms with van der Waals surface area (Å²) >= 11 is 0. The number of carbonyl (C=O) groups excluding carboxylic acids is 1. The van der Waals surface area contributed by atoms with Gasteiger partial charge in [-0.05, 0) is 20.3 Å². The molecule has 0 bridgehead atoms. The molecule has 0 aliphatic heterocycles. The van der Waals surface area contributed by atoms with Gasteiger partial charge in [0.1, 0.15) is 6.04 Å². The van der Waals surface area contributed by atoms with Gasteiger partial charge in [0.25, 0.3) is 0 Å². The number of nitrogens with one attached hydrogen (secondary N) is 2. The van der Waals surface area contributed by atoms with E-state index in [-0.39, 0.29) is 0 Å². The molecule has 0 spiro atoms. The zero-order valence-corrected chi connectivity index (χ0v) is 10.9. The second-order valence-electron chi connectivity index (χ2n) is 4.47. The lowest BCUT2D eigenvalue weighted by atomic mass is 10.1. The highest BCUT2D eigenvalue weighted by molar-refractivity contribution is 5.82. The van der Waals surface area contributed by atoms with Crippen molar-refractivity contribution in [2.45, 2.75) is 45.3 Å². The minimum atomic E-state index is -1.02. The molecule has 6 heteroatoms. The molecule has 0 saturated carbocycles. The lowest BCUT2D eigenvalue weighted by molar-refractivity contribution is -0.139. The summed E-state index contributed by atoms with van der Waals surface area (Å²) in [6.45, 7) is 5.83. The van der Waals surface area contributed by atoms with E-state index in [2.05, 4.69) is 10.6 Å². The van der Waals surface area contributed by atoms with Gasteiger partial charge in [-0.2, -0.15) is 0 Å². The fourth-order valence-corrected chi connectivity index (χ4v) is 1.12. The van der Waals surface area contributed by atoms with Crippen LogP contribution in [0.1, 0.15) is 33.6 Å². The SMILES string of the molecule is CCC[C@H](NC(=O)NCC(C)(C)OC)C(=O)O. The first kappa shape index (κ1) is 15.7. The van der Waals surface area contributed by atoms with Crippen LogP contribution in [-0.4, -0.2) is 42.4 Å². The molecule has 0 radical (unpaired) electrons. The van der Waals surface area contributed by atoms with Gasteiger partial charge in [0, 0.05) is 13.7 Å². The molecule has 0 unspecified atom stereocenters. The Hall–Kier alpha value is -1.30. The molecule has 0 saturated heterocycles. The van der Waals surface area contributed by atoms with Crippen molar-refractivity contribution in [2.24, 2.45) is 0 Å². The Labute approximate surface area is 102 Å². The van der Waals surface area contributed by atoms with Crippen molar-refractivity contribution in [2.75, 3.05) is 13.7 Å². The van der Waals surface area contributed by atoms with Crippen molar-refractivity contribution in [1.82, 2.24) is 10.6 Å². The van der Waals surface area contributed by atoms with Gasteiger partial charge < -0.3 is 20.5 Å². The van der Waals surface area contributed by atoms with E-state index in [0.29, 0.717) is 19.4 Å². The Balaban J connectivity index is 4.11. The van der Waals surface area contributed by atoms with Crippen LogP contribution in [0.3, 0.4) is 0 Å². The maximum Gasteiger partial charge on any atom is 0.326 e. The summed E-state index contributed by atoms with van der Waals surface area (Å²) in [6, 6.07) is -1.33. The van der Waals surface area contributed by atoms with Crippen LogP contribution in [0.25, 0.3) is 0 Å². The largest absolute Gasteiger partial charge is 0.480 e. The third kappa shape index (κ3) is 6.78. The molecule has 17 heavy (non-hydrogen) atoms. The van der Waals surface area contributed by atoms with E-state index in [4.69, 9.17) is 9.84 Å². The number of amides is 2. The first-order chi connectivity index (χ1) is 7.82. The van der Waals surface area contributed by atoms with E-state index in [1.807, 2.05) is 20.8 Å². The van der Waals surface area contributed by atoms with E-state index < -0.39 is 23.6 Å². The molecule has 0 rings (SSSR count). The van der Waals surface area contributed by atoms with Crippen LogP contribution in [0.5, 0.6) is 0 Å². The number of hydrogen-bond acceptors (Lipinski definition) is 3. The quantitative estimate of drug-likeness (QED) is 0.624. The van der Waals surface area contributed by atoms with Gasteiger partial charge in [0.15, 0.2) is 0 Å². The van der Waals surface area contributed by atoms with E-state index >= 15 is 0 Å². The van der Waals surface area contributed by atoms with E-state index in [9.17, 15) is 9.59 Å². The van der Waals surface area contributed by atoms with Crippen LogP contribution < -0.4 is 10.6 Å². The Morgan fingerprint density at radius 2 is 2.00 bits per heavy atom. The zero-order valence-electron chi connectivity index (χ0n) is 10.9. The van der Waals surface area contributed by atoms with Crippen LogP contribution in [0, 0.1) is 0 Å². The highest BCUT2D eigenvalue weighted by atomic mass is 16.5. The number of hydrogen-bond donors (Lipinski definition) is 3. The maximum absolute atomic E-state index is 11.5. The van der Waals surface area contributed by atoms with Gasteiger partial charge >= 0.3 is 12.0 Å². The van der Waals surface area contributed by atoms with Crippen LogP contribution in [-0.2, 0) is 9.53 Å². The van der Waals surface area contributed by atoms with Crippen LogP contribution in [0.2, 0.25) is 0 Å². The van der Waals surface area contributed by atoms with Crippen LogP contribution in [0.15, 0.2) is 0 Å². The highest BCUT2D eigenvalue weighted by Gasteiger charge is 2.21. The minimum absolute atomic E-state index is 0.313. The van der Waals surface area contributed by atoms with Gasteiger partial charge in [0.05, 0.1) is 5.60 Å². The van der Waals surface area contributed by atoms with Gasteiger partial charge in [-0.3, -0.25) is 0 Å². The maximum atomic E-state index is 11.5. The fourth-order valence-electron chi connectivity index (χ4n) is 1.12. The van der Waals surface area contributed by atoms with E-state index in [1.165, 1.54) is 0 Å². The molecule has 6 nitrogen and oxygen atoms in total. The van der Waals surface area contributed by atoms with Crippen molar-refractivity contribution < 1.29 is 19.4 Å². The van der Waals surface area contributed by atoms with Gasteiger partial charge in [-0.25, -0.2) is 9.59 Å². The number of methoxy groups -OCH3 is 1. The first-order valence-corrected chi connectivity index (χ1v) is 5.64. The number of urea groups is 1. The summed E-state index contributed by atoms with van der Waals surface area (Å²) in [5, 5.41) is 13.8. The molecule has 0 aliphatic carbocycles. The third-order valence-corrected chi connectivity index (χ3v) is 2.41. The van der Waals surface area contributed by atoms with Gasteiger partial charge in [-0.15, -0.1) is 0 Å². The average molecular weight is 246 g/mol. The summed E-state index contributed by atoms with van der Waals surface area (Å²) in [4.78, 5) is 22.3. The third-order valence-electron chi connectivity index (χ3n) is 2.41. The molecule has 0 fully saturated rings. The molecule has 1 atom stereocenters. The fraction of sp³-hybridized carbons (Fsp3) is 0.818. The number of ether oxygens (including phenoxy) is 1. The second kappa shape index (κ2) is 7.11. The number of rotatable bonds is 7. The summed E-state index contributed by atoms with van der Waals surface area (Å²) in [6.07, 6.45) is 1.11. The smallest absolute Gasteiger partial charge is 0.326 e. The summed E-state index contributed by atoms with van der Waals surface area (Å²) in [5.41, 5.74) is -0.471. The predicted molar refractivity (Wildman–Crippen MR) is 64.0 cm³/mol. The molecule has 3 N–H and O–H groups in total. The number of aliphatic carboxylic acids is 1. The van der Waals surface area contributed by atoms with Gasteiger partial charge in [0.2, 0.25) is 0 Å². The van der Waals surface area contributed by atoms with E-state index in [0.717, 1.165) is 0 Å². The lowest BCUT2D eigenvalue weighted by Gasteiger charge is -2.23. The first-order valence-electron chi connectivity index (χ1n) is 5.64. The Morgan fingerprint density at radius 3 is 2.41 bits per heavy atom. The molecule has 0 aromatic carbocycles. The number of carbonyl (C=O) groups is 2. The van der Waals surface area contributed by atoms with Crippen molar-refractivity contribution in [3.8, 4) is 0 Å². The minimum Gasteiger partial charge on any atom is -0.480 e. The van der Waals surface area contributed by atoms with Crippen molar-refractivity contribution >= 4 is 12.0 Å². The molecular weight excluding hydrogens is 224 g/mol. The molecule has 2 amide bonds. The molecule has 0 aromatic rings. The number of carboxylic acid groups (broad SMARTS) is 1. The number of carboxylic acids is 1. The van der Waals surface area contributed by atoms with Gasteiger partial charge in [-0.1, -0.05) is 13.3 Å². The lowest BCUT2D eigenvalue weighted by Crippen LogP contribution is -2.49.